The Morgan fingerprint density at radius 1 is 1.31 bits per heavy atom. The van der Waals surface area contributed by atoms with Crippen molar-refractivity contribution in [3.8, 4) is 0 Å². The molecule has 2 aliphatic rings. The zero-order valence-electron chi connectivity index (χ0n) is 14.8. The molecule has 1 aromatic carbocycles. The second kappa shape index (κ2) is 6.34. The monoisotopic (exact) mass is 358 g/mol. The number of benzene rings is 1. The Morgan fingerprint density at radius 2 is 1.96 bits per heavy atom. The molecule has 1 aromatic heterocycles. The van der Waals surface area contributed by atoms with Gasteiger partial charge in [0.1, 0.15) is 11.6 Å². The smallest absolute Gasteiger partial charge is 0.359 e. The van der Waals surface area contributed by atoms with E-state index in [-0.39, 0.29) is 30.3 Å². The van der Waals surface area contributed by atoms with Crippen LogP contribution in [0.2, 0.25) is 0 Å². The molecule has 0 amide bonds. The fraction of sp³-hybridized carbons (Fsp3) is 0.400. The van der Waals surface area contributed by atoms with Crippen LogP contribution in [0.5, 0.6) is 0 Å². The van der Waals surface area contributed by atoms with Gasteiger partial charge < -0.3 is 4.74 Å². The van der Waals surface area contributed by atoms with Crippen molar-refractivity contribution in [3.05, 3.63) is 57.9 Å². The van der Waals surface area contributed by atoms with Crippen LogP contribution < -0.4 is 0 Å². The summed E-state index contributed by atoms with van der Waals surface area (Å²) >= 11 is 0. The van der Waals surface area contributed by atoms with E-state index >= 15 is 0 Å². The molecule has 6 heteroatoms. The molecule has 0 bridgehead atoms. The van der Waals surface area contributed by atoms with Crippen molar-refractivity contribution in [3.63, 3.8) is 0 Å². The summed E-state index contributed by atoms with van der Waals surface area (Å²) < 4.78 is 35.6. The zero-order valence-corrected chi connectivity index (χ0v) is 14.8. The summed E-state index contributed by atoms with van der Waals surface area (Å²) in [5.74, 6) is -1.36. The van der Waals surface area contributed by atoms with Crippen LogP contribution >= 0.6 is 0 Å². The molecular weight excluding hydrogens is 338 g/mol. The summed E-state index contributed by atoms with van der Waals surface area (Å²) in [6.07, 6.45) is 4.76. The van der Waals surface area contributed by atoms with Gasteiger partial charge in [0.25, 0.3) is 0 Å². The van der Waals surface area contributed by atoms with E-state index in [9.17, 15) is 13.6 Å². The largest absolute Gasteiger partial charge is 0.461 e. The Kier molecular flexibility index (Phi) is 4.13. The van der Waals surface area contributed by atoms with Crippen molar-refractivity contribution in [2.24, 2.45) is 0 Å². The molecule has 136 valence electrons. The lowest BCUT2D eigenvalue weighted by Gasteiger charge is -2.10. The van der Waals surface area contributed by atoms with E-state index in [2.05, 4.69) is 5.10 Å². The minimum absolute atomic E-state index is 0.0326. The third-order valence-corrected chi connectivity index (χ3v) is 4.89. The average molecular weight is 358 g/mol. The van der Waals surface area contributed by atoms with Crippen LogP contribution in [-0.2, 0) is 11.3 Å². The Bertz CT molecular complexity index is 903. The SMILES string of the molecule is CCOC(=O)c1nn(Cc2c(F)cc(C3CC3)cc2F)c(C2=CC2)c1C. The van der Waals surface area contributed by atoms with E-state index in [1.807, 2.05) is 6.08 Å². The minimum atomic E-state index is -0.562. The Labute approximate surface area is 150 Å². The van der Waals surface area contributed by atoms with Crippen LogP contribution in [-0.4, -0.2) is 22.4 Å². The number of hydrogen-bond donors (Lipinski definition) is 0. The second-order valence-electron chi connectivity index (χ2n) is 6.87. The van der Waals surface area contributed by atoms with Gasteiger partial charge in [-0.15, -0.1) is 0 Å². The predicted molar refractivity (Wildman–Crippen MR) is 92.9 cm³/mol. The Morgan fingerprint density at radius 3 is 2.50 bits per heavy atom. The molecule has 0 spiro atoms. The fourth-order valence-electron chi connectivity index (χ4n) is 3.29. The quantitative estimate of drug-likeness (QED) is 0.721. The van der Waals surface area contributed by atoms with Gasteiger partial charge >= 0.3 is 5.97 Å². The van der Waals surface area contributed by atoms with Gasteiger partial charge in [0, 0.05) is 11.1 Å². The lowest BCUT2D eigenvalue weighted by molar-refractivity contribution is 0.0517. The van der Waals surface area contributed by atoms with Gasteiger partial charge in [0.2, 0.25) is 0 Å². The van der Waals surface area contributed by atoms with Crippen molar-refractivity contribution in [2.45, 2.75) is 45.6 Å². The maximum absolute atomic E-state index is 14.5. The third kappa shape index (κ3) is 3.04. The van der Waals surface area contributed by atoms with Crippen LogP contribution in [0.1, 0.15) is 65.0 Å². The lowest BCUT2D eigenvalue weighted by atomic mass is 10.1. The number of aromatic nitrogens is 2. The fourth-order valence-corrected chi connectivity index (χ4v) is 3.29. The van der Waals surface area contributed by atoms with Crippen molar-refractivity contribution < 1.29 is 18.3 Å². The second-order valence-corrected chi connectivity index (χ2v) is 6.87. The standard InChI is InChI=1S/C20H20F2N2O2/c1-3-26-20(25)18-11(2)19(13-6-7-13)24(23-18)10-15-16(21)8-14(9-17(15)22)12-4-5-12/h6,8-9,12H,3-5,7,10H2,1-2H3. The predicted octanol–water partition coefficient (Wildman–Crippen LogP) is 4.36. The van der Waals surface area contributed by atoms with Crippen molar-refractivity contribution >= 4 is 11.5 Å². The molecular formula is C20H20F2N2O2. The first kappa shape index (κ1) is 16.9. The number of halogens is 2. The highest BCUT2D eigenvalue weighted by atomic mass is 19.1. The summed E-state index contributed by atoms with van der Waals surface area (Å²) in [5.41, 5.74) is 3.35. The number of esters is 1. The Hall–Kier alpha value is -2.50. The van der Waals surface area contributed by atoms with E-state index in [0.717, 1.165) is 36.1 Å². The highest BCUT2D eigenvalue weighted by molar-refractivity contribution is 5.91. The molecule has 0 radical (unpaired) electrons. The van der Waals surface area contributed by atoms with Crippen LogP contribution in [0.15, 0.2) is 18.2 Å². The van der Waals surface area contributed by atoms with E-state index in [0.29, 0.717) is 5.56 Å². The first-order valence-electron chi connectivity index (χ1n) is 8.91. The molecule has 0 atom stereocenters. The molecule has 26 heavy (non-hydrogen) atoms. The van der Waals surface area contributed by atoms with E-state index in [1.54, 1.807) is 13.8 Å². The third-order valence-electron chi connectivity index (χ3n) is 4.89. The number of allylic oxidation sites excluding steroid dienone is 2. The lowest BCUT2D eigenvalue weighted by Crippen LogP contribution is -2.11. The molecule has 1 saturated carbocycles. The highest BCUT2D eigenvalue weighted by Crippen LogP contribution is 2.41. The topological polar surface area (TPSA) is 44.1 Å². The van der Waals surface area contributed by atoms with E-state index in [1.165, 1.54) is 16.8 Å². The summed E-state index contributed by atoms with van der Waals surface area (Å²) in [4.78, 5) is 12.1. The molecule has 2 aromatic rings. The number of rotatable bonds is 6. The van der Waals surface area contributed by atoms with Gasteiger partial charge in [-0.2, -0.15) is 5.10 Å². The number of carbonyl (C=O) groups excluding carboxylic acids is 1. The molecule has 0 N–H and O–H groups in total. The molecule has 4 rings (SSSR count). The summed E-state index contributed by atoms with van der Waals surface area (Å²) in [5, 5.41) is 4.30. The molecule has 0 aliphatic heterocycles. The molecule has 0 unspecified atom stereocenters. The number of nitrogens with zero attached hydrogens (tertiary/aromatic N) is 2. The van der Waals surface area contributed by atoms with Gasteiger partial charge in [-0.1, -0.05) is 6.08 Å². The average Bonchev–Trinajstić information content (AvgIpc) is 3.49. The maximum Gasteiger partial charge on any atom is 0.359 e. The van der Waals surface area contributed by atoms with Crippen LogP contribution in [0.25, 0.3) is 5.57 Å². The van der Waals surface area contributed by atoms with E-state index in [4.69, 9.17) is 4.74 Å². The molecule has 1 fully saturated rings. The van der Waals surface area contributed by atoms with Crippen molar-refractivity contribution in [2.75, 3.05) is 6.61 Å². The zero-order chi connectivity index (χ0) is 18.4. The minimum Gasteiger partial charge on any atom is -0.461 e. The Balaban J connectivity index is 1.71. The van der Waals surface area contributed by atoms with Crippen LogP contribution in [0, 0.1) is 18.6 Å². The number of ether oxygens (including phenoxy) is 1. The van der Waals surface area contributed by atoms with Gasteiger partial charge in [-0.3, -0.25) is 4.68 Å². The number of carbonyl (C=O) groups is 1. The first-order valence-corrected chi connectivity index (χ1v) is 8.91. The van der Waals surface area contributed by atoms with Crippen LogP contribution in [0.4, 0.5) is 8.78 Å². The van der Waals surface area contributed by atoms with Gasteiger partial charge in [0.15, 0.2) is 5.69 Å². The maximum atomic E-state index is 14.5. The van der Waals surface area contributed by atoms with E-state index < -0.39 is 17.6 Å². The van der Waals surface area contributed by atoms with Crippen molar-refractivity contribution in [1.82, 2.24) is 9.78 Å². The molecule has 1 heterocycles. The normalized spacial score (nSPS) is 15.8. The van der Waals surface area contributed by atoms with Crippen LogP contribution in [0.3, 0.4) is 0 Å². The molecule has 0 saturated heterocycles. The summed E-state index contributed by atoms with van der Waals surface area (Å²) in [6, 6.07) is 2.85. The van der Waals surface area contributed by atoms with Crippen molar-refractivity contribution in [1.29, 1.82) is 0 Å². The molecule has 4 nitrogen and oxygen atoms in total. The van der Waals surface area contributed by atoms with Gasteiger partial charge in [-0.25, -0.2) is 13.6 Å². The summed E-state index contributed by atoms with van der Waals surface area (Å²) in [7, 11) is 0. The van der Waals surface area contributed by atoms with Gasteiger partial charge in [-0.05, 0) is 62.3 Å². The van der Waals surface area contributed by atoms with Gasteiger partial charge in [0.05, 0.1) is 18.8 Å². The first-order chi connectivity index (χ1) is 12.5. The molecule has 2 aliphatic carbocycles. The number of hydrogen-bond acceptors (Lipinski definition) is 3. The summed E-state index contributed by atoms with van der Waals surface area (Å²) in [6.45, 7) is 3.69. The highest BCUT2D eigenvalue weighted by Gasteiger charge is 2.29.